The van der Waals surface area contributed by atoms with Crippen molar-refractivity contribution in [1.82, 2.24) is 0 Å². The van der Waals surface area contributed by atoms with Crippen molar-refractivity contribution in [3.05, 3.63) is 34.3 Å². The lowest BCUT2D eigenvalue weighted by atomic mass is 9.95. The summed E-state index contributed by atoms with van der Waals surface area (Å²) >= 11 is 3.31. The molecule has 0 amide bonds. The molecule has 110 valence electrons. The third kappa shape index (κ3) is 4.51. The van der Waals surface area contributed by atoms with Crippen molar-refractivity contribution in [1.29, 1.82) is 0 Å². The average molecular weight is 343 g/mol. The number of rotatable bonds is 8. The number of hydrogen-bond acceptors (Lipinski definition) is 4. The fraction of sp³-hybridized carbons (Fsp3) is 0.467. The molecular weight excluding hydrogens is 324 g/mol. The Labute approximate surface area is 127 Å². The average Bonchev–Trinajstić information content (AvgIpc) is 2.44. The summed E-state index contributed by atoms with van der Waals surface area (Å²) in [6, 6.07) is 6.97. The Kier molecular flexibility index (Phi) is 7.05. The molecule has 1 atom stereocenters. The molecule has 1 aromatic carbocycles. The summed E-state index contributed by atoms with van der Waals surface area (Å²) in [4.78, 5) is 24.5. The molecule has 0 aliphatic rings. The largest absolute Gasteiger partial charge is 0.346 e. The van der Waals surface area contributed by atoms with Gasteiger partial charge in [-0.3, -0.25) is 9.59 Å². The van der Waals surface area contributed by atoms with Gasteiger partial charge in [-0.25, -0.2) is 0 Å². The highest BCUT2D eigenvalue weighted by Gasteiger charge is 2.30. The number of benzene rings is 1. The highest BCUT2D eigenvalue weighted by atomic mass is 79.9. The van der Waals surface area contributed by atoms with Crippen LogP contribution in [-0.2, 0) is 14.3 Å². The Balaban J connectivity index is 2.84. The number of ketones is 2. The van der Waals surface area contributed by atoms with E-state index < -0.39 is 12.2 Å². The standard InChI is InChI=1S/C15H19BrO4/c1-4-19-15(20-5-2)14(18)10(3)13(17)11-7-6-8-12(16)9-11/h6-10,15H,4-5H2,1-3H3. The van der Waals surface area contributed by atoms with Gasteiger partial charge in [-0.15, -0.1) is 0 Å². The molecule has 0 bridgehead atoms. The van der Waals surface area contributed by atoms with Gasteiger partial charge >= 0.3 is 0 Å². The van der Waals surface area contributed by atoms with E-state index >= 15 is 0 Å². The van der Waals surface area contributed by atoms with Crippen LogP contribution in [0.25, 0.3) is 0 Å². The zero-order valence-corrected chi connectivity index (χ0v) is 13.5. The van der Waals surface area contributed by atoms with E-state index in [9.17, 15) is 9.59 Å². The maximum absolute atomic E-state index is 12.3. The van der Waals surface area contributed by atoms with E-state index in [-0.39, 0.29) is 11.6 Å². The summed E-state index contributed by atoms with van der Waals surface area (Å²) in [5.74, 6) is -1.38. The maximum Gasteiger partial charge on any atom is 0.218 e. The van der Waals surface area contributed by atoms with E-state index in [0.717, 1.165) is 4.47 Å². The van der Waals surface area contributed by atoms with Gasteiger partial charge in [-0.2, -0.15) is 0 Å². The number of halogens is 1. The van der Waals surface area contributed by atoms with Crippen molar-refractivity contribution >= 4 is 27.5 Å². The summed E-state index contributed by atoms with van der Waals surface area (Å²) in [5.41, 5.74) is 0.493. The Morgan fingerprint density at radius 2 is 1.80 bits per heavy atom. The first-order valence-electron chi connectivity index (χ1n) is 6.57. The van der Waals surface area contributed by atoms with Gasteiger partial charge < -0.3 is 9.47 Å². The smallest absolute Gasteiger partial charge is 0.218 e. The van der Waals surface area contributed by atoms with E-state index in [4.69, 9.17) is 9.47 Å². The van der Waals surface area contributed by atoms with Gasteiger partial charge in [0.05, 0.1) is 5.92 Å². The second-order valence-corrected chi connectivity index (χ2v) is 5.16. The zero-order valence-electron chi connectivity index (χ0n) is 11.9. The number of carbonyl (C=O) groups is 2. The van der Waals surface area contributed by atoms with E-state index in [1.54, 1.807) is 39.0 Å². The molecule has 5 heteroatoms. The molecule has 0 fully saturated rings. The van der Waals surface area contributed by atoms with Gasteiger partial charge in [-0.05, 0) is 32.9 Å². The van der Waals surface area contributed by atoms with Crippen LogP contribution in [0.2, 0.25) is 0 Å². The van der Waals surface area contributed by atoms with Crippen LogP contribution in [0.4, 0.5) is 0 Å². The monoisotopic (exact) mass is 342 g/mol. The second kappa shape index (κ2) is 8.29. The van der Waals surface area contributed by atoms with Crippen LogP contribution < -0.4 is 0 Å². The summed E-state index contributed by atoms with van der Waals surface area (Å²) in [6.45, 7) is 5.85. The van der Waals surface area contributed by atoms with Gasteiger partial charge in [0.15, 0.2) is 11.6 Å². The van der Waals surface area contributed by atoms with Gasteiger partial charge in [0, 0.05) is 23.2 Å². The van der Waals surface area contributed by atoms with Crippen LogP contribution in [0.3, 0.4) is 0 Å². The minimum atomic E-state index is -0.976. The molecule has 0 aromatic heterocycles. The van der Waals surface area contributed by atoms with E-state index in [1.807, 2.05) is 6.07 Å². The van der Waals surface area contributed by atoms with Crippen molar-refractivity contribution in [2.45, 2.75) is 27.1 Å². The molecule has 20 heavy (non-hydrogen) atoms. The fourth-order valence-corrected chi connectivity index (χ4v) is 2.14. The maximum atomic E-state index is 12.3. The Morgan fingerprint density at radius 3 is 2.30 bits per heavy atom. The Morgan fingerprint density at radius 1 is 1.20 bits per heavy atom. The summed E-state index contributed by atoms with van der Waals surface area (Å²) in [6.07, 6.45) is -0.976. The molecule has 0 heterocycles. The van der Waals surface area contributed by atoms with Gasteiger partial charge in [0.25, 0.3) is 0 Å². The minimum absolute atomic E-state index is 0.235. The summed E-state index contributed by atoms with van der Waals surface area (Å²) in [7, 11) is 0. The predicted octanol–water partition coefficient (Wildman–Crippen LogP) is 3.24. The number of carbonyl (C=O) groups excluding carboxylic acids is 2. The van der Waals surface area contributed by atoms with Crippen LogP contribution in [0, 0.1) is 5.92 Å². The molecule has 4 nitrogen and oxygen atoms in total. The van der Waals surface area contributed by atoms with Crippen molar-refractivity contribution in [3.8, 4) is 0 Å². The molecule has 1 unspecified atom stereocenters. The van der Waals surface area contributed by atoms with E-state index in [1.165, 1.54) is 0 Å². The van der Waals surface area contributed by atoms with Gasteiger partial charge in [-0.1, -0.05) is 28.1 Å². The number of hydrogen-bond donors (Lipinski definition) is 0. The first kappa shape index (κ1) is 17.0. The van der Waals surface area contributed by atoms with Gasteiger partial charge in [0.2, 0.25) is 6.29 Å². The molecule has 0 saturated heterocycles. The molecule has 0 N–H and O–H groups in total. The third-order valence-corrected chi connectivity index (χ3v) is 3.29. The third-order valence-electron chi connectivity index (χ3n) is 2.80. The number of Topliss-reactive ketones (excluding diaryl/α,β-unsaturated/α-hetero) is 2. The molecule has 0 aliphatic carbocycles. The Bertz CT molecular complexity index is 467. The SMILES string of the molecule is CCOC(OCC)C(=O)C(C)C(=O)c1cccc(Br)c1. The molecule has 0 radical (unpaired) electrons. The first-order valence-corrected chi connectivity index (χ1v) is 7.37. The minimum Gasteiger partial charge on any atom is -0.346 e. The Hall–Kier alpha value is -1.04. The highest BCUT2D eigenvalue weighted by Crippen LogP contribution is 2.17. The predicted molar refractivity (Wildman–Crippen MR) is 79.7 cm³/mol. The van der Waals surface area contributed by atoms with Crippen molar-refractivity contribution in [3.63, 3.8) is 0 Å². The van der Waals surface area contributed by atoms with Crippen LogP contribution in [0.5, 0.6) is 0 Å². The molecule has 1 rings (SSSR count). The first-order chi connectivity index (χ1) is 9.51. The number of ether oxygens (including phenoxy) is 2. The van der Waals surface area contributed by atoms with Crippen molar-refractivity contribution in [2.24, 2.45) is 5.92 Å². The van der Waals surface area contributed by atoms with E-state index in [0.29, 0.717) is 18.8 Å². The lowest BCUT2D eigenvalue weighted by molar-refractivity contribution is -0.170. The molecule has 0 aliphatic heterocycles. The lowest BCUT2D eigenvalue weighted by Gasteiger charge is -2.19. The van der Waals surface area contributed by atoms with Crippen LogP contribution in [0.15, 0.2) is 28.7 Å². The second-order valence-electron chi connectivity index (χ2n) is 4.24. The van der Waals surface area contributed by atoms with Crippen LogP contribution in [0.1, 0.15) is 31.1 Å². The topological polar surface area (TPSA) is 52.6 Å². The summed E-state index contributed by atoms with van der Waals surface area (Å²) in [5, 5.41) is 0. The normalized spacial score (nSPS) is 12.4. The molecule has 1 aromatic rings. The molecule has 0 spiro atoms. The van der Waals surface area contributed by atoms with Crippen LogP contribution >= 0.6 is 15.9 Å². The molecular formula is C15H19BrO4. The zero-order chi connectivity index (χ0) is 15.1. The lowest BCUT2D eigenvalue weighted by Crippen LogP contribution is -2.35. The van der Waals surface area contributed by atoms with Crippen molar-refractivity contribution in [2.75, 3.05) is 13.2 Å². The van der Waals surface area contributed by atoms with Crippen LogP contribution in [-0.4, -0.2) is 31.1 Å². The fourth-order valence-electron chi connectivity index (χ4n) is 1.74. The van der Waals surface area contributed by atoms with Crippen molar-refractivity contribution < 1.29 is 19.1 Å². The quantitative estimate of drug-likeness (QED) is 0.413. The molecule has 0 saturated carbocycles. The van der Waals surface area contributed by atoms with Gasteiger partial charge in [0.1, 0.15) is 0 Å². The summed E-state index contributed by atoms with van der Waals surface area (Å²) < 4.78 is 11.3. The van der Waals surface area contributed by atoms with E-state index in [2.05, 4.69) is 15.9 Å². The highest BCUT2D eigenvalue weighted by molar-refractivity contribution is 9.10.